The van der Waals surface area contributed by atoms with Crippen LogP contribution in [0, 0.1) is 5.92 Å². The van der Waals surface area contributed by atoms with Crippen LogP contribution in [0.5, 0.6) is 0 Å². The summed E-state index contributed by atoms with van der Waals surface area (Å²) in [4.78, 5) is 11.6. The Kier molecular flexibility index (Phi) is 6.06. The molecule has 0 radical (unpaired) electrons. The van der Waals surface area contributed by atoms with E-state index in [2.05, 4.69) is 19.2 Å². The fourth-order valence-electron chi connectivity index (χ4n) is 1.66. The molecule has 0 aliphatic carbocycles. The monoisotopic (exact) mass is 253 g/mol. The normalized spacial score (nSPS) is 12.5. The number of alkyl halides is 1. The first-order chi connectivity index (χ1) is 8.08. The van der Waals surface area contributed by atoms with Crippen molar-refractivity contribution < 1.29 is 4.79 Å². The number of hydrogen-bond donors (Lipinski definition) is 1. The number of rotatable bonds is 6. The van der Waals surface area contributed by atoms with E-state index in [9.17, 15) is 4.79 Å². The number of carbonyl (C=O) groups excluding carboxylic acids is 1. The predicted octanol–water partition coefficient (Wildman–Crippen LogP) is 3.00. The molecule has 94 valence electrons. The second kappa shape index (κ2) is 7.33. The summed E-state index contributed by atoms with van der Waals surface area (Å²) in [5.74, 6) is 0.592. The van der Waals surface area contributed by atoms with Crippen LogP contribution in [0.25, 0.3) is 0 Å². The third-order valence-corrected chi connectivity index (χ3v) is 2.79. The standard InChI is InChI=1S/C14H20ClNO/c1-11(2)8-13(15)10-16-14(17)9-12-6-4-3-5-7-12/h3-7,11,13H,8-10H2,1-2H3,(H,16,17). The first-order valence-corrected chi connectivity index (χ1v) is 6.46. The van der Waals surface area contributed by atoms with Gasteiger partial charge >= 0.3 is 0 Å². The SMILES string of the molecule is CC(C)CC(Cl)CNC(=O)Cc1ccccc1. The van der Waals surface area contributed by atoms with E-state index in [0.29, 0.717) is 18.9 Å². The molecule has 0 aromatic heterocycles. The number of benzene rings is 1. The summed E-state index contributed by atoms with van der Waals surface area (Å²) in [6, 6.07) is 9.72. The predicted molar refractivity (Wildman–Crippen MR) is 72.3 cm³/mol. The molecule has 0 saturated heterocycles. The molecule has 3 heteroatoms. The molecule has 0 heterocycles. The van der Waals surface area contributed by atoms with E-state index in [1.807, 2.05) is 30.3 Å². The van der Waals surface area contributed by atoms with Gasteiger partial charge in [-0.1, -0.05) is 44.2 Å². The van der Waals surface area contributed by atoms with E-state index >= 15 is 0 Å². The summed E-state index contributed by atoms with van der Waals surface area (Å²) in [6.45, 7) is 4.80. The highest BCUT2D eigenvalue weighted by molar-refractivity contribution is 6.20. The zero-order valence-corrected chi connectivity index (χ0v) is 11.2. The third kappa shape index (κ3) is 6.32. The summed E-state index contributed by atoms with van der Waals surface area (Å²) < 4.78 is 0. The van der Waals surface area contributed by atoms with E-state index in [1.54, 1.807) is 0 Å². The summed E-state index contributed by atoms with van der Waals surface area (Å²) in [7, 11) is 0. The fraction of sp³-hybridized carbons (Fsp3) is 0.500. The fourth-order valence-corrected chi connectivity index (χ4v) is 2.10. The minimum absolute atomic E-state index is 0.0229. The minimum atomic E-state index is 0.0229. The number of halogens is 1. The van der Waals surface area contributed by atoms with Gasteiger partial charge in [0.2, 0.25) is 5.91 Å². The molecule has 0 aliphatic rings. The summed E-state index contributed by atoms with van der Waals surface area (Å²) in [5.41, 5.74) is 1.03. The average Bonchev–Trinajstić information content (AvgIpc) is 2.27. The van der Waals surface area contributed by atoms with Gasteiger partial charge in [-0.05, 0) is 17.9 Å². The van der Waals surface area contributed by atoms with Crippen molar-refractivity contribution in [2.75, 3.05) is 6.54 Å². The van der Waals surface area contributed by atoms with Crippen LogP contribution in [0.4, 0.5) is 0 Å². The van der Waals surface area contributed by atoms with Crippen LogP contribution in [-0.2, 0) is 11.2 Å². The lowest BCUT2D eigenvalue weighted by Gasteiger charge is -2.12. The van der Waals surface area contributed by atoms with Crippen molar-refractivity contribution in [2.24, 2.45) is 5.92 Å². The summed E-state index contributed by atoms with van der Waals surface area (Å²) >= 11 is 6.11. The molecule has 0 fully saturated rings. The van der Waals surface area contributed by atoms with Gasteiger partial charge in [0.1, 0.15) is 0 Å². The van der Waals surface area contributed by atoms with Crippen molar-refractivity contribution in [3.8, 4) is 0 Å². The van der Waals surface area contributed by atoms with Gasteiger partial charge in [0.05, 0.1) is 11.8 Å². The van der Waals surface area contributed by atoms with Gasteiger partial charge < -0.3 is 5.32 Å². The van der Waals surface area contributed by atoms with Gasteiger partial charge in [0, 0.05) is 6.54 Å². The zero-order chi connectivity index (χ0) is 12.7. The molecule has 1 N–H and O–H groups in total. The number of carbonyl (C=O) groups is 1. The Morgan fingerprint density at radius 1 is 1.29 bits per heavy atom. The van der Waals surface area contributed by atoms with Crippen LogP contribution in [-0.4, -0.2) is 17.8 Å². The minimum Gasteiger partial charge on any atom is -0.354 e. The summed E-state index contributed by atoms with van der Waals surface area (Å²) in [6.07, 6.45) is 1.35. The molecule has 1 rings (SSSR count). The van der Waals surface area contributed by atoms with E-state index in [4.69, 9.17) is 11.6 Å². The molecule has 1 atom stereocenters. The van der Waals surface area contributed by atoms with Crippen molar-refractivity contribution in [2.45, 2.75) is 32.1 Å². The Bertz CT molecular complexity index is 337. The molecule has 1 amide bonds. The van der Waals surface area contributed by atoms with Gasteiger partial charge in [-0.2, -0.15) is 0 Å². The molecule has 0 saturated carbocycles. The maximum absolute atomic E-state index is 11.6. The van der Waals surface area contributed by atoms with Crippen LogP contribution >= 0.6 is 11.6 Å². The van der Waals surface area contributed by atoms with E-state index in [-0.39, 0.29) is 11.3 Å². The van der Waals surface area contributed by atoms with Crippen LogP contribution in [0.1, 0.15) is 25.8 Å². The van der Waals surface area contributed by atoms with Crippen LogP contribution in [0.2, 0.25) is 0 Å². The smallest absolute Gasteiger partial charge is 0.224 e. The Morgan fingerprint density at radius 2 is 1.94 bits per heavy atom. The van der Waals surface area contributed by atoms with Crippen molar-refractivity contribution >= 4 is 17.5 Å². The molecule has 1 aromatic rings. The van der Waals surface area contributed by atoms with Gasteiger partial charge in [-0.3, -0.25) is 4.79 Å². The maximum Gasteiger partial charge on any atom is 0.224 e. The van der Waals surface area contributed by atoms with Gasteiger partial charge in [-0.25, -0.2) is 0 Å². The molecule has 17 heavy (non-hydrogen) atoms. The number of amides is 1. The van der Waals surface area contributed by atoms with Crippen molar-refractivity contribution in [1.29, 1.82) is 0 Å². The molecule has 2 nitrogen and oxygen atoms in total. The Morgan fingerprint density at radius 3 is 2.53 bits per heavy atom. The Labute approximate surface area is 108 Å². The van der Waals surface area contributed by atoms with E-state index < -0.39 is 0 Å². The molecule has 1 unspecified atom stereocenters. The zero-order valence-electron chi connectivity index (χ0n) is 10.4. The molecular formula is C14H20ClNO. The lowest BCUT2D eigenvalue weighted by atomic mass is 10.1. The molecule has 1 aromatic carbocycles. The highest BCUT2D eigenvalue weighted by atomic mass is 35.5. The van der Waals surface area contributed by atoms with Crippen molar-refractivity contribution in [3.05, 3.63) is 35.9 Å². The second-order valence-electron chi connectivity index (χ2n) is 4.69. The highest BCUT2D eigenvalue weighted by Gasteiger charge is 2.09. The third-order valence-electron chi connectivity index (χ3n) is 2.46. The van der Waals surface area contributed by atoms with Crippen molar-refractivity contribution in [1.82, 2.24) is 5.32 Å². The van der Waals surface area contributed by atoms with Crippen LogP contribution in [0.3, 0.4) is 0 Å². The van der Waals surface area contributed by atoms with Crippen LogP contribution in [0.15, 0.2) is 30.3 Å². The quantitative estimate of drug-likeness (QED) is 0.776. The molecular weight excluding hydrogens is 234 g/mol. The number of hydrogen-bond acceptors (Lipinski definition) is 1. The van der Waals surface area contributed by atoms with Gasteiger partial charge in [0.15, 0.2) is 0 Å². The van der Waals surface area contributed by atoms with Crippen molar-refractivity contribution in [3.63, 3.8) is 0 Å². The van der Waals surface area contributed by atoms with E-state index in [0.717, 1.165) is 12.0 Å². The maximum atomic E-state index is 11.6. The summed E-state index contributed by atoms with van der Waals surface area (Å²) in [5, 5.41) is 2.89. The van der Waals surface area contributed by atoms with Gasteiger partial charge in [0.25, 0.3) is 0 Å². The Hall–Kier alpha value is -1.02. The van der Waals surface area contributed by atoms with E-state index in [1.165, 1.54) is 0 Å². The molecule has 0 bridgehead atoms. The second-order valence-corrected chi connectivity index (χ2v) is 5.31. The molecule has 0 aliphatic heterocycles. The lowest BCUT2D eigenvalue weighted by molar-refractivity contribution is -0.120. The topological polar surface area (TPSA) is 29.1 Å². The number of nitrogens with one attached hydrogen (secondary N) is 1. The highest BCUT2D eigenvalue weighted by Crippen LogP contribution is 2.09. The Balaban J connectivity index is 2.26. The first kappa shape index (κ1) is 14.0. The average molecular weight is 254 g/mol. The molecule has 0 spiro atoms. The lowest BCUT2D eigenvalue weighted by Crippen LogP contribution is -2.31. The first-order valence-electron chi connectivity index (χ1n) is 6.02. The largest absolute Gasteiger partial charge is 0.354 e. The van der Waals surface area contributed by atoms with Gasteiger partial charge in [-0.15, -0.1) is 11.6 Å². The van der Waals surface area contributed by atoms with Crippen LogP contribution < -0.4 is 5.32 Å².